The van der Waals surface area contributed by atoms with Gasteiger partial charge in [0.1, 0.15) is 10.5 Å². The van der Waals surface area contributed by atoms with Crippen LogP contribution in [0.2, 0.25) is 0 Å². The molecule has 1 fully saturated rings. The summed E-state index contributed by atoms with van der Waals surface area (Å²) in [5.74, 6) is 0.0483. The molecule has 4 nitrogen and oxygen atoms in total. The summed E-state index contributed by atoms with van der Waals surface area (Å²) in [6, 6.07) is 7.68. The maximum absolute atomic E-state index is 11.9. The third kappa shape index (κ3) is 2.18. The number of carbonyl (C=O) groups is 1. The maximum atomic E-state index is 11.9. The Kier molecular flexibility index (Phi) is 3.26. The van der Waals surface area contributed by atoms with Crippen LogP contribution in [0.5, 0.6) is 0 Å². The van der Waals surface area contributed by atoms with Crippen molar-refractivity contribution in [3.05, 3.63) is 29.8 Å². The van der Waals surface area contributed by atoms with Crippen molar-refractivity contribution in [3.63, 3.8) is 0 Å². The highest BCUT2D eigenvalue weighted by Crippen LogP contribution is 2.26. The summed E-state index contributed by atoms with van der Waals surface area (Å²) in [6.45, 7) is 5.30. The van der Waals surface area contributed by atoms with Crippen molar-refractivity contribution in [2.45, 2.75) is 19.4 Å². The Morgan fingerprint density at radius 2 is 2.00 bits per heavy atom. The van der Waals surface area contributed by atoms with Crippen molar-refractivity contribution in [2.75, 3.05) is 18.0 Å². The van der Waals surface area contributed by atoms with Gasteiger partial charge in [-0.15, -0.1) is 0 Å². The summed E-state index contributed by atoms with van der Waals surface area (Å²) < 4.78 is 0. The highest BCUT2D eigenvalue weighted by molar-refractivity contribution is 7.80. The second-order valence-electron chi connectivity index (χ2n) is 4.88. The molecule has 0 aliphatic carbocycles. The average Bonchev–Trinajstić information content (AvgIpc) is 2.33. The molecule has 1 aromatic carbocycles. The first-order valence-corrected chi connectivity index (χ1v) is 6.29. The molecule has 0 unspecified atom stereocenters. The van der Waals surface area contributed by atoms with Gasteiger partial charge in [0, 0.05) is 24.3 Å². The lowest BCUT2D eigenvalue weighted by Gasteiger charge is -2.42. The van der Waals surface area contributed by atoms with Crippen LogP contribution in [0.1, 0.15) is 19.4 Å². The number of thiocarbonyl (C=S) groups is 1. The van der Waals surface area contributed by atoms with E-state index in [1.54, 1.807) is 0 Å². The van der Waals surface area contributed by atoms with Gasteiger partial charge in [0.15, 0.2) is 0 Å². The van der Waals surface area contributed by atoms with Crippen LogP contribution in [0.4, 0.5) is 5.69 Å². The zero-order valence-electron chi connectivity index (χ0n) is 10.6. The Bertz CT molecular complexity index is 482. The molecule has 18 heavy (non-hydrogen) atoms. The summed E-state index contributed by atoms with van der Waals surface area (Å²) in [4.78, 5) is 14.4. The Balaban J connectivity index is 2.30. The molecular weight excluding hydrogens is 246 g/mol. The van der Waals surface area contributed by atoms with E-state index in [1.165, 1.54) is 0 Å². The number of hydrogen-bond acceptors (Lipinski definition) is 3. The minimum atomic E-state index is -0.539. The van der Waals surface area contributed by atoms with Crippen LogP contribution in [-0.2, 0) is 4.79 Å². The van der Waals surface area contributed by atoms with Crippen LogP contribution in [0.15, 0.2) is 24.3 Å². The summed E-state index contributed by atoms with van der Waals surface area (Å²) >= 11 is 4.93. The quantitative estimate of drug-likeness (QED) is 0.783. The smallest absolute Gasteiger partial charge is 0.245 e. The number of nitrogens with zero attached hydrogens (tertiary/aromatic N) is 1. The normalized spacial score (nSPS) is 18.3. The highest BCUT2D eigenvalue weighted by atomic mass is 32.1. The lowest BCUT2D eigenvalue weighted by molar-refractivity contribution is -0.126. The second kappa shape index (κ2) is 4.57. The first kappa shape index (κ1) is 12.8. The van der Waals surface area contributed by atoms with Crippen LogP contribution in [-0.4, -0.2) is 29.5 Å². The molecule has 96 valence electrons. The zero-order valence-corrected chi connectivity index (χ0v) is 11.4. The van der Waals surface area contributed by atoms with E-state index in [1.807, 2.05) is 38.1 Å². The molecule has 0 spiro atoms. The first-order chi connectivity index (χ1) is 8.43. The van der Waals surface area contributed by atoms with Crippen molar-refractivity contribution in [1.82, 2.24) is 5.32 Å². The van der Waals surface area contributed by atoms with Gasteiger partial charge in [-0.2, -0.15) is 0 Å². The van der Waals surface area contributed by atoms with E-state index in [-0.39, 0.29) is 5.91 Å². The van der Waals surface area contributed by atoms with Gasteiger partial charge in [-0.1, -0.05) is 12.2 Å². The molecule has 0 aromatic heterocycles. The van der Waals surface area contributed by atoms with E-state index < -0.39 is 5.54 Å². The molecule has 1 heterocycles. The van der Waals surface area contributed by atoms with Gasteiger partial charge in [-0.25, -0.2) is 0 Å². The molecule has 1 aliphatic rings. The number of hydrogen-bond donors (Lipinski definition) is 2. The van der Waals surface area contributed by atoms with Gasteiger partial charge in [-0.05, 0) is 38.1 Å². The predicted molar refractivity (Wildman–Crippen MR) is 76.8 cm³/mol. The number of benzene rings is 1. The summed E-state index contributed by atoms with van der Waals surface area (Å²) in [5, 5.41) is 2.88. The number of carbonyl (C=O) groups excluding carboxylic acids is 1. The summed E-state index contributed by atoms with van der Waals surface area (Å²) in [5.41, 5.74) is 6.88. The molecule has 5 heteroatoms. The molecule has 1 aromatic rings. The summed E-state index contributed by atoms with van der Waals surface area (Å²) in [7, 11) is 0. The van der Waals surface area contributed by atoms with Gasteiger partial charge < -0.3 is 16.0 Å². The van der Waals surface area contributed by atoms with Gasteiger partial charge in [-0.3, -0.25) is 4.79 Å². The molecule has 1 saturated heterocycles. The lowest BCUT2D eigenvalue weighted by atomic mass is 9.97. The van der Waals surface area contributed by atoms with Crippen LogP contribution in [0.3, 0.4) is 0 Å². The van der Waals surface area contributed by atoms with Crippen molar-refractivity contribution >= 4 is 28.8 Å². The van der Waals surface area contributed by atoms with Crippen LogP contribution in [0.25, 0.3) is 0 Å². The van der Waals surface area contributed by atoms with Crippen LogP contribution >= 0.6 is 12.2 Å². The zero-order chi connectivity index (χ0) is 13.3. The third-order valence-electron chi connectivity index (χ3n) is 3.31. The van der Waals surface area contributed by atoms with E-state index in [4.69, 9.17) is 18.0 Å². The molecular formula is C13H17N3OS. The maximum Gasteiger partial charge on any atom is 0.245 e. The molecule has 1 aliphatic heterocycles. The van der Waals surface area contributed by atoms with E-state index in [0.29, 0.717) is 11.5 Å². The first-order valence-electron chi connectivity index (χ1n) is 5.89. The fraction of sp³-hybridized carbons (Fsp3) is 0.385. The molecule has 0 bridgehead atoms. The minimum absolute atomic E-state index is 0.0483. The number of amides is 1. The van der Waals surface area contributed by atoms with E-state index >= 15 is 0 Å². The van der Waals surface area contributed by atoms with E-state index in [9.17, 15) is 4.79 Å². The molecule has 0 atom stereocenters. The largest absolute Gasteiger partial charge is 0.389 e. The number of rotatable bonds is 2. The van der Waals surface area contributed by atoms with E-state index in [2.05, 4.69) is 10.2 Å². The number of anilines is 1. The average molecular weight is 263 g/mol. The number of piperazine rings is 1. The van der Waals surface area contributed by atoms with Gasteiger partial charge in [0.25, 0.3) is 0 Å². The Labute approximate surface area is 112 Å². The van der Waals surface area contributed by atoms with Crippen molar-refractivity contribution in [1.29, 1.82) is 0 Å². The van der Waals surface area contributed by atoms with Gasteiger partial charge >= 0.3 is 0 Å². The highest BCUT2D eigenvalue weighted by Gasteiger charge is 2.37. The number of nitrogens with two attached hydrogens (primary N) is 1. The summed E-state index contributed by atoms with van der Waals surface area (Å²) in [6.07, 6.45) is 0. The Morgan fingerprint density at radius 3 is 2.56 bits per heavy atom. The molecule has 1 amide bonds. The third-order valence-corrected chi connectivity index (χ3v) is 3.55. The van der Waals surface area contributed by atoms with Crippen LogP contribution in [0, 0.1) is 0 Å². The lowest BCUT2D eigenvalue weighted by Crippen LogP contribution is -2.62. The molecule has 2 rings (SSSR count). The number of nitrogens with one attached hydrogen (secondary N) is 1. The SMILES string of the molecule is CC1(C)C(=O)NCCN1c1ccc(C(N)=S)cc1. The van der Waals surface area contributed by atoms with Gasteiger partial charge in [0.2, 0.25) is 5.91 Å². The minimum Gasteiger partial charge on any atom is -0.389 e. The van der Waals surface area contributed by atoms with Crippen molar-refractivity contribution in [2.24, 2.45) is 5.73 Å². The van der Waals surface area contributed by atoms with E-state index in [0.717, 1.165) is 17.8 Å². The Morgan fingerprint density at radius 1 is 1.39 bits per heavy atom. The topological polar surface area (TPSA) is 58.4 Å². The Hall–Kier alpha value is -1.62. The standard InChI is InChI=1S/C13H17N3OS/c1-13(2)12(17)15-7-8-16(13)10-5-3-9(4-6-10)11(14)18/h3-6H,7-8H2,1-2H3,(H2,14,18)(H,15,17). The second-order valence-corrected chi connectivity index (χ2v) is 5.32. The fourth-order valence-electron chi connectivity index (χ4n) is 2.16. The molecule has 3 N–H and O–H groups in total. The van der Waals surface area contributed by atoms with Crippen molar-refractivity contribution in [3.8, 4) is 0 Å². The predicted octanol–water partition coefficient (Wildman–Crippen LogP) is 1.04. The fourth-order valence-corrected chi connectivity index (χ4v) is 2.29. The molecule has 0 saturated carbocycles. The monoisotopic (exact) mass is 263 g/mol. The van der Waals surface area contributed by atoms with Crippen molar-refractivity contribution < 1.29 is 4.79 Å². The van der Waals surface area contributed by atoms with Crippen LogP contribution < -0.4 is 16.0 Å². The van der Waals surface area contributed by atoms with Gasteiger partial charge in [0.05, 0.1) is 0 Å². The molecule has 0 radical (unpaired) electrons.